The number of hydrogen-bond donors (Lipinski definition) is 2. The van der Waals surface area contributed by atoms with E-state index in [1.165, 1.54) is 13.1 Å². The fraction of sp³-hybridized carbons (Fsp3) is 0.125. The van der Waals surface area contributed by atoms with E-state index >= 15 is 0 Å². The Morgan fingerprint density at radius 1 is 1.14 bits per heavy atom. The van der Waals surface area contributed by atoms with E-state index in [2.05, 4.69) is 5.32 Å². The molecule has 2 aromatic rings. The summed E-state index contributed by atoms with van der Waals surface area (Å²) < 4.78 is 5.21. The summed E-state index contributed by atoms with van der Waals surface area (Å²) in [7, 11) is 1.38. The molecule has 22 heavy (non-hydrogen) atoms. The number of para-hydroxylation sites is 2. The van der Waals surface area contributed by atoms with Crippen LogP contribution in [0.15, 0.2) is 48.5 Å². The van der Waals surface area contributed by atoms with Crippen molar-refractivity contribution in [1.29, 1.82) is 0 Å². The van der Waals surface area contributed by atoms with Gasteiger partial charge in [0, 0.05) is 12.7 Å². The minimum absolute atomic E-state index is 0.164. The molecule has 0 spiro atoms. The third kappa shape index (κ3) is 3.76. The summed E-state index contributed by atoms with van der Waals surface area (Å²) in [5.41, 5.74) is 1.90. The summed E-state index contributed by atoms with van der Waals surface area (Å²) in [6.07, 6.45) is -1.83. The van der Waals surface area contributed by atoms with Gasteiger partial charge in [0.25, 0.3) is 0 Å². The fourth-order valence-corrected chi connectivity index (χ4v) is 1.89. The van der Waals surface area contributed by atoms with Crippen LogP contribution in [0.2, 0.25) is 0 Å². The standard InChI is InChI=1S/C16H16N2O4/c1-11-6-5-7-12(10-11)17-15(19)22-14-9-4-3-8-13(14)18(2)16(20)21/h3-10H,1-2H3,(H,17,19)(H,20,21). The second-order valence-electron chi connectivity index (χ2n) is 4.69. The lowest BCUT2D eigenvalue weighted by atomic mass is 10.2. The maximum Gasteiger partial charge on any atom is 0.417 e. The van der Waals surface area contributed by atoms with E-state index in [1.807, 2.05) is 19.1 Å². The van der Waals surface area contributed by atoms with Crippen LogP contribution in [-0.4, -0.2) is 24.3 Å². The molecule has 0 atom stereocenters. The smallest absolute Gasteiger partial charge is 0.417 e. The first-order chi connectivity index (χ1) is 10.5. The molecular weight excluding hydrogens is 284 g/mol. The molecule has 0 aromatic heterocycles. The Morgan fingerprint density at radius 2 is 1.86 bits per heavy atom. The Labute approximate surface area is 127 Å². The molecule has 0 unspecified atom stereocenters. The summed E-state index contributed by atoms with van der Waals surface area (Å²) in [5.74, 6) is 0.164. The van der Waals surface area contributed by atoms with Crippen LogP contribution in [-0.2, 0) is 0 Å². The minimum atomic E-state index is -1.14. The van der Waals surface area contributed by atoms with Crippen molar-refractivity contribution in [3.8, 4) is 5.75 Å². The first-order valence-electron chi connectivity index (χ1n) is 6.58. The predicted octanol–water partition coefficient (Wildman–Crippen LogP) is 3.72. The van der Waals surface area contributed by atoms with Gasteiger partial charge < -0.3 is 9.84 Å². The second kappa shape index (κ2) is 6.62. The summed E-state index contributed by atoms with van der Waals surface area (Å²) in [4.78, 5) is 24.0. The fourth-order valence-electron chi connectivity index (χ4n) is 1.89. The molecule has 0 fully saturated rings. The number of ether oxygens (including phenoxy) is 1. The number of carbonyl (C=O) groups is 2. The molecule has 2 rings (SSSR count). The Morgan fingerprint density at radius 3 is 2.55 bits per heavy atom. The highest BCUT2D eigenvalue weighted by molar-refractivity contribution is 5.91. The molecule has 0 aliphatic rings. The lowest BCUT2D eigenvalue weighted by molar-refractivity contribution is 0.202. The quantitative estimate of drug-likeness (QED) is 0.905. The zero-order valence-electron chi connectivity index (χ0n) is 12.2. The van der Waals surface area contributed by atoms with Gasteiger partial charge in [-0.2, -0.15) is 0 Å². The Kier molecular flexibility index (Phi) is 4.63. The van der Waals surface area contributed by atoms with E-state index in [4.69, 9.17) is 9.84 Å². The van der Waals surface area contributed by atoms with Gasteiger partial charge in [0.15, 0.2) is 5.75 Å². The van der Waals surface area contributed by atoms with Crippen molar-refractivity contribution in [2.24, 2.45) is 0 Å². The Bertz CT molecular complexity index is 700. The van der Waals surface area contributed by atoms with Gasteiger partial charge in [0.05, 0.1) is 5.69 Å². The van der Waals surface area contributed by atoms with Gasteiger partial charge >= 0.3 is 12.2 Å². The third-order valence-corrected chi connectivity index (χ3v) is 2.98. The normalized spacial score (nSPS) is 9.91. The number of anilines is 2. The van der Waals surface area contributed by atoms with E-state index in [1.54, 1.807) is 30.3 Å². The zero-order valence-corrected chi connectivity index (χ0v) is 12.2. The van der Waals surface area contributed by atoms with Crippen LogP contribution >= 0.6 is 0 Å². The van der Waals surface area contributed by atoms with Gasteiger partial charge in [-0.15, -0.1) is 0 Å². The predicted molar refractivity (Wildman–Crippen MR) is 83.7 cm³/mol. The topological polar surface area (TPSA) is 78.9 Å². The molecule has 0 heterocycles. The van der Waals surface area contributed by atoms with Crippen molar-refractivity contribution >= 4 is 23.6 Å². The number of hydrogen-bond acceptors (Lipinski definition) is 3. The Hall–Kier alpha value is -3.02. The molecule has 0 bridgehead atoms. The lowest BCUT2D eigenvalue weighted by Crippen LogP contribution is -2.25. The molecule has 0 aliphatic carbocycles. The number of carbonyl (C=O) groups excluding carboxylic acids is 1. The van der Waals surface area contributed by atoms with Crippen LogP contribution in [0.1, 0.15) is 5.56 Å². The van der Waals surface area contributed by atoms with Crippen LogP contribution in [0, 0.1) is 6.92 Å². The van der Waals surface area contributed by atoms with Crippen molar-refractivity contribution in [3.63, 3.8) is 0 Å². The molecule has 0 aliphatic heterocycles. The highest BCUT2D eigenvalue weighted by Crippen LogP contribution is 2.27. The molecule has 0 radical (unpaired) electrons. The van der Waals surface area contributed by atoms with Crippen molar-refractivity contribution in [2.75, 3.05) is 17.3 Å². The van der Waals surface area contributed by atoms with E-state index < -0.39 is 12.2 Å². The monoisotopic (exact) mass is 300 g/mol. The number of nitrogens with zero attached hydrogens (tertiary/aromatic N) is 1. The minimum Gasteiger partial charge on any atom is -0.465 e. The van der Waals surface area contributed by atoms with Gasteiger partial charge in [-0.1, -0.05) is 24.3 Å². The average Bonchev–Trinajstić information content (AvgIpc) is 2.47. The number of amides is 2. The highest BCUT2D eigenvalue weighted by Gasteiger charge is 2.16. The lowest BCUT2D eigenvalue weighted by Gasteiger charge is -2.17. The number of carboxylic acid groups (broad SMARTS) is 1. The molecule has 2 amide bonds. The summed E-state index contributed by atoms with van der Waals surface area (Å²) in [6.45, 7) is 1.91. The van der Waals surface area contributed by atoms with Crippen LogP contribution in [0.4, 0.5) is 21.0 Å². The SMILES string of the molecule is Cc1cccc(NC(=O)Oc2ccccc2N(C)C(=O)O)c1. The average molecular weight is 300 g/mol. The number of benzene rings is 2. The van der Waals surface area contributed by atoms with Gasteiger partial charge in [-0.25, -0.2) is 9.59 Å². The van der Waals surface area contributed by atoms with Crippen LogP contribution < -0.4 is 15.0 Å². The third-order valence-electron chi connectivity index (χ3n) is 2.98. The number of aryl methyl sites for hydroxylation is 1. The summed E-state index contributed by atoms with van der Waals surface area (Å²) in [6, 6.07) is 13.7. The van der Waals surface area contributed by atoms with E-state index in [0.717, 1.165) is 10.5 Å². The van der Waals surface area contributed by atoms with Crippen LogP contribution in [0.3, 0.4) is 0 Å². The van der Waals surface area contributed by atoms with Crippen molar-refractivity contribution in [3.05, 3.63) is 54.1 Å². The van der Waals surface area contributed by atoms with Gasteiger partial charge in [-0.3, -0.25) is 10.2 Å². The maximum atomic E-state index is 11.9. The van der Waals surface area contributed by atoms with Gasteiger partial charge in [0.2, 0.25) is 0 Å². The molecule has 6 nitrogen and oxygen atoms in total. The van der Waals surface area contributed by atoms with Gasteiger partial charge in [0.1, 0.15) is 0 Å². The Balaban J connectivity index is 2.13. The molecule has 114 valence electrons. The summed E-state index contributed by atoms with van der Waals surface area (Å²) >= 11 is 0. The molecular formula is C16H16N2O4. The largest absolute Gasteiger partial charge is 0.465 e. The van der Waals surface area contributed by atoms with Gasteiger partial charge in [-0.05, 0) is 36.8 Å². The summed E-state index contributed by atoms with van der Waals surface area (Å²) in [5, 5.41) is 11.6. The zero-order chi connectivity index (χ0) is 16.1. The maximum absolute atomic E-state index is 11.9. The van der Waals surface area contributed by atoms with E-state index in [-0.39, 0.29) is 11.4 Å². The molecule has 0 saturated heterocycles. The molecule has 0 saturated carbocycles. The van der Waals surface area contributed by atoms with E-state index in [0.29, 0.717) is 5.69 Å². The molecule has 2 N–H and O–H groups in total. The second-order valence-corrected chi connectivity index (χ2v) is 4.69. The first kappa shape index (κ1) is 15.4. The molecule has 2 aromatic carbocycles. The number of rotatable bonds is 3. The first-order valence-corrected chi connectivity index (χ1v) is 6.58. The van der Waals surface area contributed by atoms with Crippen molar-refractivity contribution < 1.29 is 19.4 Å². The van der Waals surface area contributed by atoms with E-state index in [9.17, 15) is 9.59 Å². The van der Waals surface area contributed by atoms with Crippen molar-refractivity contribution in [2.45, 2.75) is 6.92 Å². The highest BCUT2D eigenvalue weighted by atomic mass is 16.6. The number of nitrogens with one attached hydrogen (secondary N) is 1. The van der Waals surface area contributed by atoms with Crippen LogP contribution in [0.5, 0.6) is 5.75 Å². The van der Waals surface area contributed by atoms with Crippen LogP contribution in [0.25, 0.3) is 0 Å². The van der Waals surface area contributed by atoms with Crippen molar-refractivity contribution in [1.82, 2.24) is 0 Å². The molecule has 6 heteroatoms.